The van der Waals surface area contributed by atoms with Gasteiger partial charge in [0, 0.05) is 12.6 Å². The first-order valence-corrected chi connectivity index (χ1v) is 5.92. The molecule has 0 saturated heterocycles. The average molecular weight is 243 g/mol. The van der Waals surface area contributed by atoms with Crippen LogP contribution in [-0.4, -0.2) is 17.2 Å². The van der Waals surface area contributed by atoms with Crippen molar-refractivity contribution in [3.63, 3.8) is 0 Å². The Labute approximate surface area is 107 Å². The fraction of sp³-hybridized carbons (Fsp3) is 0.286. The molecule has 0 radical (unpaired) electrons. The number of hydrogen-bond donors (Lipinski definition) is 1. The van der Waals surface area contributed by atoms with Crippen LogP contribution in [0.15, 0.2) is 30.3 Å². The normalized spacial score (nSPS) is 10.4. The molecule has 0 saturated carbocycles. The number of nitrogens with one attached hydrogen (secondary N) is 1. The lowest BCUT2D eigenvalue weighted by molar-refractivity contribution is 0.450. The van der Waals surface area contributed by atoms with E-state index in [1.54, 1.807) is 0 Å². The van der Waals surface area contributed by atoms with Crippen LogP contribution in [0.3, 0.4) is 0 Å². The Morgan fingerprint density at radius 1 is 1.11 bits per heavy atom. The molecule has 0 unspecified atom stereocenters. The van der Waals surface area contributed by atoms with E-state index >= 15 is 0 Å². The van der Waals surface area contributed by atoms with Gasteiger partial charge in [0.15, 0.2) is 0 Å². The molecule has 1 heterocycles. The molecule has 1 N–H and O–H groups in total. The minimum atomic E-state index is 0.517. The van der Waals surface area contributed by atoms with Crippen LogP contribution < -0.4 is 10.1 Å². The molecule has 4 heteroatoms. The molecule has 94 valence electrons. The van der Waals surface area contributed by atoms with Crippen LogP contribution in [-0.2, 0) is 6.54 Å². The van der Waals surface area contributed by atoms with Crippen molar-refractivity contribution < 1.29 is 4.74 Å². The van der Waals surface area contributed by atoms with Crippen molar-refractivity contribution in [2.75, 3.05) is 7.05 Å². The summed E-state index contributed by atoms with van der Waals surface area (Å²) in [6, 6.07) is 9.71. The second kappa shape index (κ2) is 5.60. The monoisotopic (exact) mass is 243 g/mol. The molecular weight excluding hydrogens is 226 g/mol. The highest BCUT2D eigenvalue weighted by Crippen LogP contribution is 2.25. The highest BCUT2D eigenvalue weighted by atomic mass is 16.5. The van der Waals surface area contributed by atoms with E-state index in [2.05, 4.69) is 28.5 Å². The Morgan fingerprint density at radius 2 is 1.94 bits per heavy atom. The first kappa shape index (κ1) is 12.5. The first-order chi connectivity index (χ1) is 8.70. The van der Waals surface area contributed by atoms with Gasteiger partial charge in [-0.05, 0) is 44.2 Å². The zero-order chi connectivity index (χ0) is 13.0. The zero-order valence-electron chi connectivity index (χ0n) is 10.9. The summed E-state index contributed by atoms with van der Waals surface area (Å²) in [6.07, 6.45) is 0. The summed E-state index contributed by atoms with van der Waals surface area (Å²) < 4.78 is 5.73. The third kappa shape index (κ3) is 2.84. The molecule has 0 amide bonds. The quantitative estimate of drug-likeness (QED) is 0.896. The summed E-state index contributed by atoms with van der Waals surface area (Å²) in [5.74, 6) is 1.34. The summed E-state index contributed by atoms with van der Waals surface area (Å²) in [4.78, 5) is 0. The number of rotatable bonds is 4. The van der Waals surface area contributed by atoms with E-state index in [4.69, 9.17) is 4.74 Å². The molecule has 0 fully saturated rings. The second-order valence-corrected chi connectivity index (χ2v) is 4.19. The van der Waals surface area contributed by atoms with Gasteiger partial charge in [-0.15, -0.1) is 5.10 Å². The van der Waals surface area contributed by atoms with E-state index < -0.39 is 0 Å². The highest BCUT2D eigenvalue weighted by Gasteiger charge is 2.04. The molecule has 2 aromatic rings. The van der Waals surface area contributed by atoms with Gasteiger partial charge in [0.25, 0.3) is 0 Å². The lowest BCUT2D eigenvalue weighted by Gasteiger charge is -2.09. The molecule has 18 heavy (non-hydrogen) atoms. The SMILES string of the molecule is CNCc1ccc(Oc2cccc(C)c2C)nn1. The molecule has 1 aromatic carbocycles. The summed E-state index contributed by atoms with van der Waals surface area (Å²) in [5.41, 5.74) is 3.22. The van der Waals surface area contributed by atoms with Crippen LogP contribution in [0.25, 0.3) is 0 Å². The Bertz CT molecular complexity index is 523. The van der Waals surface area contributed by atoms with E-state index in [0.717, 1.165) is 17.0 Å². The molecule has 0 aliphatic rings. The molecule has 0 aliphatic heterocycles. The molecule has 0 atom stereocenters. The lowest BCUT2D eigenvalue weighted by atomic mass is 10.1. The van der Waals surface area contributed by atoms with E-state index in [9.17, 15) is 0 Å². The van der Waals surface area contributed by atoms with Gasteiger partial charge < -0.3 is 10.1 Å². The predicted octanol–water partition coefficient (Wildman–Crippen LogP) is 2.61. The third-order valence-corrected chi connectivity index (χ3v) is 2.82. The summed E-state index contributed by atoms with van der Waals surface area (Å²) in [6.45, 7) is 4.80. The Balaban J connectivity index is 2.16. The summed E-state index contributed by atoms with van der Waals surface area (Å²) in [7, 11) is 1.88. The van der Waals surface area contributed by atoms with Gasteiger partial charge in [0.05, 0.1) is 5.69 Å². The van der Waals surface area contributed by atoms with Crippen molar-refractivity contribution in [3.8, 4) is 11.6 Å². The van der Waals surface area contributed by atoms with Crippen LogP contribution in [0.4, 0.5) is 0 Å². The van der Waals surface area contributed by atoms with Gasteiger partial charge in [-0.25, -0.2) is 0 Å². The molecule has 1 aromatic heterocycles. The average Bonchev–Trinajstić information content (AvgIpc) is 2.38. The standard InChI is InChI=1S/C14H17N3O/c1-10-5-4-6-13(11(10)2)18-14-8-7-12(9-15-3)16-17-14/h4-8,15H,9H2,1-3H3. The van der Waals surface area contributed by atoms with Crippen LogP contribution in [0.5, 0.6) is 11.6 Å². The van der Waals surface area contributed by atoms with Crippen LogP contribution in [0, 0.1) is 13.8 Å². The zero-order valence-corrected chi connectivity index (χ0v) is 10.9. The maximum atomic E-state index is 5.73. The largest absolute Gasteiger partial charge is 0.437 e. The van der Waals surface area contributed by atoms with Crippen LogP contribution >= 0.6 is 0 Å². The van der Waals surface area contributed by atoms with Crippen molar-refractivity contribution in [2.45, 2.75) is 20.4 Å². The Kier molecular flexibility index (Phi) is 3.89. The number of nitrogens with zero attached hydrogens (tertiary/aromatic N) is 2. The Morgan fingerprint density at radius 3 is 2.61 bits per heavy atom. The first-order valence-electron chi connectivity index (χ1n) is 5.92. The maximum Gasteiger partial charge on any atom is 0.238 e. The second-order valence-electron chi connectivity index (χ2n) is 4.19. The topological polar surface area (TPSA) is 47.0 Å². The predicted molar refractivity (Wildman–Crippen MR) is 70.8 cm³/mol. The van der Waals surface area contributed by atoms with Crippen molar-refractivity contribution >= 4 is 0 Å². The van der Waals surface area contributed by atoms with Gasteiger partial charge in [-0.2, -0.15) is 5.10 Å². The van der Waals surface area contributed by atoms with E-state index in [-0.39, 0.29) is 0 Å². The van der Waals surface area contributed by atoms with Gasteiger partial charge in [0.1, 0.15) is 5.75 Å². The van der Waals surface area contributed by atoms with E-state index in [1.165, 1.54) is 5.56 Å². The highest BCUT2D eigenvalue weighted by molar-refractivity contribution is 5.40. The number of hydrogen-bond acceptors (Lipinski definition) is 4. The molecular formula is C14H17N3O. The number of aromatic nitrogens is 2. The molecule has 4 nitrogen and oxygen atoms in total. The molecule has 0 spiro atoms. The van der Waals surface area contributed by atoms with Crippen molar-refractivity contribution in [1.29, 1.82) is 0 Å². The molecule has 2 rings (SSSR count). The number of benzene rings is 1. The smallest absolute Gasteiger partial charge is 0.238 e. The van der Waals surface area contributed by atoms with Crippen molar-refractivity contribution in [1.82, 2.24) is 15.5 Å². The van der Waals surface area contributed by atoms with E-state index in [1.807, 2.05) is 38.2 Å². The molecule has 0 bridgehead atoms. The van der Waals surface area contributed by atoms with Crippen LogP contribution in [0.1, 0.15) is 16.8 Å². The molecule has 0 aliphatic carbocycles. The number of aryl methyl sites for hydroxylation is 1. The minimum absolute atomic E-state index is 0.517. The lowest BCUT2D eigenvalue weighted by Crippen LogP contribution is -2.07. The fourth-order valence-corrected chi connectivity index (χ4v) is 1.62. The van der Waals surface area contributed by atoms with E-state index in [0.29, 0.717) is 12.4 Å². The van der Waals surface area contributed by atoms with Crippen molar-refractivity contribution in [2.24, 2.45) is 0 Å². The summed E-state index contributed by atoms with van der Waals surface area (Å²) in [5, 5.41) is 11.2. The van der Waals surface area contributed by atoms with Crippen LogP contribution in [0.2, 0.25) is 0 Å². The minimum Gasteiger partial charge on any atom is -0.437 e. The maximum absolute atomic E-state index is 5.73. The van der Waals surface area contributed by atoms with Crippen molar-refractivity contribution in [3.05, 3.63) is 47.2 Å². The fourth-order valence-electron chi connectivity index (χ4n) is 1.62. The van der Waals surface area contributed by atoms with Gasteiger partial charge >= 0.3 is 0 Å². The Hall–Kier alpha value is -1.94. The van der Waals surface area contributed by atoms with Gasteiger partial charge in [-0.3, -0.25) is 0 Å². The third-order valence-electron chi connectivity index (χ3n) is 2.82. The van der Waals surface area contributed by atoms with Gasteiger partial charge in [0.2, 0.25) is 5.88 Å². The van der Waals surface area contributed by atoms with Gasteiger partial charge in [-0.1, -0.05) is 12.1 Å². The number of ether oxygens (including phenoxy) is 1. The summed E-state index contributed by atoms with van der Waals surface area (Å²) >= 11 is 0.